The molecule has 3 rings (SSSR count). The topological polar surface area (TPSA) is 58.6 Å². The van der Waals surface area contributed by atoms with Gasteiger partial charge in [-0.05, 0) is 23.1 Å². The van der Waals surface area contributed by atoms with Crippen LogP contribution in [0.2, 0.25) is 0 Å². The summed E-state index contributed by atoms with van der Waals surface area (Å²) in [5.74, 6) is 0.571. The molecule has 1 saturated heterocycles. The van der Waals surface area contributed by atoms with Crippen LogP contribution in [0, 0.1) is 0 Å². The molecular formula is C16H14BrNO3S. The first-order valence-corrected chi connectivity index (χ1v) is 8.77. The molecule has 1 aliphatic rings. The van der Waals surface area contributed by atoms with E-state index in [0.29, 0.717) is 11.5 Å². The first-order valence-electron chi connectivity index (χ1n) is 6.77. The molecule has 1 amide bonds. The van der Waals surface area contributed by atoms with E-state index in [2.05, 4.69) is 21.2 Å². The minimum atomic E-state index is -0.869. The summed E-state index contributed by atoms with van der Waals surface area (Å²) >= 11 is 4.46. The fourth-order valence-electron chi connectivity index (χ4n) is 2.32. The molecule has 1 fully saturated rings. The Hall–Kier alpha value is -1.50. The van der Waals surface area contributed by atoms with E-state index in [-0.39, 0.29) is 5.91 Å². The molecule has 0 saturated carbocycles. The molecule has 2 N–H and O–H groups in total. The second-order valence-corrected chi connectivity index (χ2v) is 6.60. The number of ether oxygens (including phenoxy) is 1. The third-order valence-electron chi connectivity index (χ3n) is 3.26. The Labute approximate surface area is 140 Å². The van der Waals surface area contributed by atoms with Crippen molar-refractivity contribution in [3.05, 3.63) is 46.9 Å². The summed E-state index contributed by atoms with van der Waals surface area (Å²) in [6.45, 7) is 0.592. The summed E-state index contributed by atoms with van der Waals surface area (Å²) in [6, 6.07) is 11.7. The Balaban J connectivity index is 2.04. The smallest absolute Gasteiger partial charge is 0.260 e. The fraction of sp³-hybridized carbons (Fsp3) is 0.188. The van der Waals surface area contributed by atoms with Crippen molar-refractivity contribution in [2.45, 2.75) is 5.56 Å². The van der Waals surface area contributed by atoms with E-state index in [4.69, 9.17) is 4.74 Å². The van der Waals surface area contributed by atoms with Gasteiger partial charge in [0.1, 0.15) is 5.75 Å². The highest BCUT2D eigenvalue weighted by atomic mass is 79.9. The highest BCUT2D eigenvalue weighted by Gasteiger charge is 2.25. The third-order valence-corrected chi connectivity index (χ3v) is 4.48. The number of alkyl halides is 1. The van der Waals surface area contributed by atoms with E-state index < -0.39 is 5.56 Å². The minimum absolute atomic E-state index is 0.249. The van der Waals surface area contributed by atoms with Gasteiger partial charge < -0.3 is 15.2 Å². The van der Waals surface area contributed by atoms with E-state index >= 15 is 0 Å². The number of nitrogens with one attached hydrogen (secondary N) is 1. The van der Waals surface area contributed by atoms with Crippen molar-refractivity contribution in [3.63, 3.8) is 0 Å². The van der Waals surface area contributed by atoms with Gasteiger partial charge in [-0.1, -0.05) is 58.0 Å². The highest BCUT2D eigenvalue weighted by Crippen LogP contribution is 2.33. The van der Waals surface area contributed by atoms with Crippen molar-refractivity contribution in [1.82, 2.24) is 5.32 Å². The fourth-order valence-corrected chi connectivity index (χ4v) is 3.25. The maximum atomic E-state index is 11.7. The molecule has 6 heteroatoms. The Kier molecular flexibility index (Phi) is 4.71. The summed E-state index contributed by atoms with van der Waals surface area (Å²) < 4.78 is 5.74. The number of rotatable bonds is 4. The number of benzene rings is 2. The number of hydrogen-bond donors (Lipinski definition) is 2. The maximum absolute atomic E-state index is 11.7. The first kappa shape index (κ1) is 15.4. The molecule has 4 nitrogen and oxygen atoms in total. The van der Waals surface area contributed by atoms with Crippen molar-refractivity contribution in [3.8, 4) is 5.75 Å². The quantitative estimate of drug-likeness (QED) is 0.632. The summed E-state index contributed by atoms with van der Waals surface area (Å²) in [6.07, 6.45) is 1.80. The lowest BCUT2D eigenvalue weighted by molar-refractivity contribution is -0.117. The summed E-state index contributed by atoms with van der Waals surface area (Å²) in [7, 11) is 0. The van der Waals surface area contributed by atoms with Crippen LogP contribution in [0.3, 0.4) is 0 Å². The maximum Gasteiger partial charge on any atom is 0.260 e. The van der Waals surface area contributed by atoms with E-state index in [9.17, 15) is 9.90 Å². The monoisotopic (exact) mass is 379 g/mol. The van der Waals surface area contributed by atoms with E-state index in [1.54, 1.807) is 6.08 Å². The van der Waals surface area contributed by atoms with Crippen LogP contribution in [0.25, 0.3) is 16.8 Å². The Morgan fingerprint density at radius 2 is 2.05 bits per heavy atom. The van der Waals surface area contributed by atoms with Crippen LogP contribution in [0.5, 0.6) is 5.75 Å². The average molecular weight is 380 g/mol. The number of thioether (sulfide) groups is 1. The van der Waals surface area contributed by atoms with Gasteiger partial charge in [0.05, 0.1) is 11.5 Å². The van der Waals surface area contributed by atoms with Crippen molar-refractivity contribution >= 4 is 50.4 Å². The van der Waals surface area contributed by atoms with Gasteiger partial charge >= 0.3 is 0 Å². The molecule has 1 heterocycles. The lowest BCUT2D eigenvalue weighted by atomic mass is 10.0. The van der Waals surface area contributed by atoms with E-state index in [1.807, 2.05) is 36.4 Å². The zero-order valence-electron chi connectivity index (χ0n) is 11.6. The van der Waals surface area contributed by atoms with E-state index in [0.717, 1.165) is 39.2 Å². The summed E-state index contributed by atoms with van der Waals surface area (Å²) in [5.41, 5.74) is 0.0556. The molecule has 0 radical (unpaired) electrons. The number of halogens is 1. The molecule has 22 heavy (non-hydrogen) atoms. The molecular weight excluding hydrogens is 366 g/mol. The molecule has 114 valence electrons. The van der Waals surface area contributed by atoms with Crippen molar-refractivity contribution < 1.29 is 14.6 Å². The van der Waals surface area contributed by atoms with Gasteiger partial charge in [-0.3, -0.25) is 4.79 Å². The standard InChI is InChI=1S/C16H14BrNO3S/c17-7-8-21-13-6-5-10(11-3-1-2-4-12(11)13)9-14-15(19)18-16(20)22-14/h1-6,9,16,20H,7-8H2,(H,18,19)/b14-9-. The molecule has 0 spiro atoms. The second kappa shape index (κ2) is 6.73. The lowest BCUT2D eigenvalue weighted by Crippen LogP contribution is -2.23. The number of aliphatic hydroxyl groups excluding tert-OH is 1. The Morgan fingerprint density at radius 1 is 1.27 bits per heavy atom. The van der Waals surface area contributed by atoms with Crippen LogP contribution >= 0.6 is 27.7 Å². The lowest BCUT2D eigenvalue weighted by Gasteiger charge is -2.10. The van der Waals surface area contributed by atoms with Crippen LogP contribution in [0.15, 0.2) is 41.3 Å². The van der Waals surface area contributed by atoms with Gasteiger partial charge in [0.15, 0.2) is 5.56 Å². The second-order valence-electron chi connectivity index (χ2n) is 4.69. The Morgan fingerprint density at radius 3 is 2.73 bits per heavy atom. The van der Waals surface area contributed by atoms with Gasteiger partial charge in [0.25, 0.3) is 5.91 Å². The summed E-state index contributed by atoms with van der Waals surface area (Å²) in [5, 5.41) is 14.7. The largest absolute Gasteiger partial charge is 0.492 e. The van der Waals surface area contributed by atoms with Crippen LogP contribution in [0.4, 0.5) is 0 Å². The minimum Gasteiger partial charge on any atom is -0.492 e. The van der Waals surface area contributed by atoms with Crippen molar-refractivity contribution in [2.75, 3.05) is 11.9 Å². The molecule has 0 bridgehead atoms. The molecule has 2 aromatic rings. The average Bonchev–Trinajstić information content (AvgIpc) is 2.84. The first-order chi connectivity index (χ1) is 10.7. The van der Waals surface area contributed by atoms with E-state index in [1.165, 1.54) is 0 Å². The van der Waals surface area contributed by atoms with Crippen LogP contribution < -0.4 is 10.1 Å². The van der Waals surface area contributed by atoms with Crippen LogP contribution in [-0.4, -0.2) is 28.5 Å². The molecule has 1 unspecified atom stereocenters. The van der Waals surface area contributed by atoms with Crippen molar-refractivity contribution in [1.29, 1.82) is 0 Å². The number of carbonyl (C=O) groups is 1. The summed E-state index contributed by atoms with van der Waals surface area (Å²) in [4.78, 5) is 12.2. The number of aliphatic hydroxyl groups is 1. The molecule has 1 aliphatic heterocycles. The van der Waals surface area contributed by atoms with Crippen molar-refractivity contribution in [2.24, 2.45) is 0 Å². The molecule has 2 aromatic carbocycles. The molecule has 0 aromatic heterocycles. The number of fused-ring (bicyclic) bond motifs is 1. The SMILES string of the molecule is O=C1NC(O)S/C1=C\c1ccc(OCCBr)c2ccccc12. The van der Waals surface area contributed by atoms with Gasteiger partial charge in [0.2, 0.25) is 0 Å². The zero-order chi connectivity index (χ0) is 15.5. The van der Waals surface area contributed by atoms with Crippen LogP contribution in [-0.2, 0) is 4.79 Å². The highest BCUT2D eigenvalue weighted by molar-refractivity contribution is 9.09. The zero-order valence-corrected chi connectivity index (χ0v) is 14.0. The number of amides is 1. The predicted octanol–water partition coefficient (Wildman–Crippen LogP) is 3.09. The van der Waals surface area contributed by atoms with Gasteiger partial charge in [-0.25, -0.2) is 0 Å². The van der Waals surface area contributed by atoms with Gasteiger partial charge in [-0.15, -0.1) is 0 Å². The number of carbonyl (C=O) groups excluding carboxylic acids is 1. The Bertz CT molecular complexity index is 747. The molecule has 0 aliphatic carbocycles. The van der Waals surface area contributed by atoms with Gasteiger partial charge in [0, 0.05) is 10.7 Å². The number of hydrogen-bond acceptors (Lipinski definition) is 4. The normalized spacial score (nSPS) is 19.6. The van der Waals surface area contributed by atoms with Crippen LogP contribution in [0.1, 0.15) is 5.56 Å². The molecule has 1 atom stereocenters. The third kappa shape index (κ3) is 3.14. The van der Waals surface area contributed by atoms with Gasteiger partial charge in [-0.2, -0.15) is 0 Å². The predicted molar refractivity (Wildman–Crippen MR) is 93.0 cm³/mol.